The van der Waals surface area contributed by atoms with E-state index in [0.717, 1.165) is 5.56 Å². The molecule has 1 N–H and O–H groups in total. The fraction of sp³-hybridized carbons (Fsp3) is 0.133. The summed E-state index contributed by atoms with van der Waals surface area (Å²) in [7, 11) is 1.48. The average Bonchev–Trinajstić information content (AvgIpc) is 3.42. The van der Waals surface area contributed by atoms with Gasteiger partial charge in [-0.15, -0.1) is 5.10 Å². The Morgan fingerprint density at radius 2 is 1.88 bits per heavy atom. The molecule has 10 heteroatoms. The second-order valence-corrected chi connectivity index (χ2v) is 9.22. The highest BCUT2D eigenvalue weighted by Gasteiger charge is 2.37. The fourth-order valence-corrected chi connectivity index (χ4v) is 5.14. The summed E-state index contributed by atoms with van der Waals surface area (Å²) >= 11 is 0. The number of fused-ring (bicyclic) bond motifs is 6. The second kappa shape index (κ2) is 9.12. The number of methoxy groups -OCH3 is 1. The van der Waals surface area contributed by atoms with Crippen molar-refractivity contribution in [1.29, 1.82) is 0 Å². The van der Waals surface area contributed by atoms with Crippen LogP contribution in [0.1, 0.15) is 29.5 Å². The van der Waals surface area contributed by atoms with E-state index < -0.39 is 11.5 Å². The normalized spacial score (nSPS) is 14.0. The summed E-state index contributed by atoms with van der Waals surface area (Å²) in [6.07, 6.45) is 1.52. The van der Waals surface area contributed by atoms with E-state index in [0.29, 0.717) is 68.9 Å². The number of hydrogen-bond acceptors (Lipinski definition) is 9. The molecule has 0 saturated heterocycles. The Morgan fingerprint density at radius 3 is 2.65 bits per heavy atom. The lowest BCUT2D eigenvalue weighted by molar-refractivity contribution is 0.340. The highest BCUT2D eigenvalue weighted by Crippen LogP contribution is 2.49. The molecular weight excluding hydrogens is 512 g/mol. The summed E-state index contributed by atoms with van der Waals surface area (Å²) in [6.45, 7) is 2.45. The molecule has 7 rings (SSSR count). The molecule has 0 aliphatic carbocycles. The van der Waals surface area contributed by atoms with Gasteiger partial charge in [0.25, 0.3) is 0 Å². The summed E-state index contributed by atoms with van der Waals surface area (Å²) in [4.78, 5) is 22.9. The minimum atomic E-state index is -0.618. The van der Waals surface area contributed by atoms with Gasteiger partial charge in [-0.3, -0.25) is 0 Å². The number of para-hydroxylation sites is 1. The van der Waals surface area contributed by atoms with Crippen LogP contribution in [0, 0.1) is 0 Å². The highest BCUT2D eigenvalue weighted by molar-refractivity contribution is 5.87. The zero-order valence-corrected chi connectivity index (χ0v) is 21.5. The van der Waals surface area contributed by atoms with Crippen LogP contribution < -0.4 is 19.8 Å². The van der Waals surface area contributed by atoms with E-state index in [4.69, 9.17) is 23.6 Å². The number of hydrogen-bond donors (Lipinski definition) is 1. The number of phenolic OH excluding ortho intramolecular Hbond substituents is 1. The Bertz CT molecular complexity index is 1980. The van der Waals surface area contributed by atoms with Gasteiger partial charge in [-0.2, -0.15) is 0 Å². The summed E-state index contributed by atoms with van der Waals surface area (Å²) in [5, 5.41) is 15.6. The molecule has 40 heavy (non-hydrogen) atoms. The summed E-state index contributed by atoms with van der Waals surface area (Å²) in [5.41, 5.74) is 2.65. The van der Waals surface area contributed by atoms with Crippen LogP contribution in [0.5, 0.6) is 28.9 Å². The molecule has 1 aliphatic rings. The minimum absolute atomic E-state index is 0.0342. The molecule has 10 nitrogen and oxygen atoms in total. The second-order valence-electron chi connectivity index (χ2n) is 9.22. The van der Waals surface area contributed by atoms with E-state index in [1.54, 1.807) is 24.3 Å². The van der Waals surface area contributed by atoms with Crippen LogP contribution in [-0.2, 0) is 0 Å². The first-order valence-corrected chi connectivity index (χ1v) is 12.6. The van der Waals surface area contributed by atoms with Crippen LogP contribution in [0.4, 0.5) is 0 Å². The van der Waals surface area contributed by atoms with Gasteiger partial charge in [-0.25, -0.2) is 19.3 Å². The summed E-state index contributed by atoms with van der Waals surface area (Å²) in [6, 6.07) is 19.7. The van der Waals surface area contributed by atoms with Crippen molar-refractivity contribution in [2.24, 2.45) is 0 Å². The van der Waals surface area contributed by atoms with Gasteiger partial charge in [0.05, 0.1) is 36.1 Å². The van der Waals surface area contributed by atoms with E-state index in [1.165, 1.54) is 24.0 Å². The van der Waals surface area contributed by atoms with Gasteiger partial charge in [-0.1, -0.05) is 24.3 Å². The van der Waals surface area contributed by atoms with E-state index in [1.807, 2.05) is 43.3 Å². The maximum atomic E-state index is 13.5. The van der Waals surface area contributed by atoms with Gasteiger partial charge in [0.2, 0.25) is 5.88 Å². The predicted octanol–water partition coefficient (Wildman–Crippen LogP) is 5.30. The zero-order valence-electron chi connectivity index (χ0n) is 21.5. The summed E-state index contributed by atoms with van der Waals surface area (Å²) < 4.78 is 24.4. The predicted molar refractivity (Wildman–Crippen MR) is 146 cm³/mol. The standard InChI is InChI=1S/C30H22N4O6/c1-3-38-18-11-8-16(9-12-18)23-24-26(19-6-4-5-7-21(19)39-30(24)36)40-29-25(23)28-32-27(33-34(28)15-31-29)17-10-13-22(37-2)20(35)14-17/h4-15,23,35H,3H2,1-2H3. The Kier molecular flexibility index (Phi) is 5.41. The van der Waals surface area contributed by atoms with Gasteiger partial charge in [-0.05, 0) is 55.0 Å². The molecule has 3 aromatic carbocycles. The first-order valence-electron chi connectivity index (χ1n) is 12.6. The molecule has 0 fully saturated rings. The molecule has 0 spiro atoms. The van der Waals surface area contributed by atoms with Crippen LogP contribution in [0.25, 0.3) is 28.0 Å². The van der Waals surface area contributed by atoms with Crippen LogP contribution >= 0.6 is 0 Å². The van der Waals surface area contributed by atoms with Crippen molar-refractivity contribution >= 4 is 16.6 Å². The zero-order chi connectivity index (χ0) is 27.4. The first-order chi connectivity index (χ1) is 19.6. The molecule has 0 bridgehead atoms. The Hall–Kier alpha value is -5.38. The lowest BCUT2D eigenvalue weighted by atomic mass is 9.84. The topological polar surface area (TPSA) is 121 Å². The average molecular weight is 535 g/mol. The molecule has 1 atom stereocenters. The van der Waals surface area contributed by atoms with E-state index in [-0.39, 0.29) is 5.75 Å². The van der Waals surface area contributed by atoms with E-state index >= 15 is 0 Å². The Labute approximate surface area is 227 Å². The number of aromatic hydroxyl groups is 1. The number of benzene rings is 3. The van der Waals surface area contributed by atoms with Crippen LogP contribution in [0.15, 0.2) is 82.3 Å². The quantitative estimate of drug-likeness (QED) is 0.293. The number of nitrogens with zero attached hydrogens (tertiary/aromatic N) is 4. The maximum Gasteiger partial charge on any atom is 0.344 e. The van der Waals surface area contributed by atoms with E-state index in [2.05, 4.69) is 10.1 Å². The van der Waals surface area contributed by atoms with Gasteiger partial charge in [0, 0.05) is 5.56 Å². The van der Waals surface area contributed by atoms with Gasteiger partial charge < -0.3 is 23.7 Å². The van der Waals surface area contributed by atoms with Crippen molar-refractivity contribution in [3.05, 3.63) is 100 Å². The molecule has 6 aromatic rings. The van der Waals surface area contributed by atoms with Crippen LogP contribution in [0.2, 0.25) is 0 Å². The molecule has 198 valence electrons. The van der Waals surface area contributed by atoms with Gasteiger partial charge in [0.15, 0.2) is 28.7 Å². The lowest BCUT2D eigenvalue weighted by Gasteiger charge is -2.27. The molecule has 0 amide bonds. The number of aromatic nitrogens is 4. The SMILES string of the molecule is CCOc1ccc(C2c3c(c4ccccc4oc3=O)Oc3ncn4nc(-c5ccc(OC)c(O)c5)nc4c32)cc1. The molecule has 4 heterocycles. The maximum absolute atomic E-state index is 13.5. The Morgan fingerprint density at radius 1 is 1.05 bits per heavy atom. The van der Waals surface area contributed by atoms with Crippen molar-refractivity contribution in [2.75, 3.05) is 13.7 Å². The largest absolute Gasteiger partial charge is 0.504 e. The van der Waals surface area contributed by atoms with Crippen molar-refractivity contribution in [3.63, 3.8) is 0 Å². The third-order valence-corrected chi connectivity index (χ3v) is 6.92. The molecule has 0 saturated carbocycles. The van der Waals surface area contributed by atoms with Crippen molar-refractivity contribution in [3.8, 4) is 40.3 Å². The van der Waals surface area contributed by atoms with Crippen molar-refractivity contribution in [2.45, 2.75) is 12.8 Å². The summed E-state index contributed by atoms with van der Waals surface area (Å²) in [5.74, 6) is 1.47. The van der Waals surface area contributed by atoms with Crippen molar-refractivity contribution < 1.29 is 23.7 Å². The van der Waals surface area contributed by atoms with Crippen molar-refractivity contribution in [1.82, 2.24) is 19.6 Å². The minimum Gasteiger partial charge on any atom is -0.504 e. The lowest BCUT2D eigenvalue weighted by Crippen LogP contribution is -2.22. The fourth-order valence-electron chi connectivity index (χ4n) is 5.14. The van der Waals surface area contributed by atoms with Crippen LogP contribution in [0.3, 0.4) is 0 Å². The van der Waals surface area contributed by atoms with E-state index in [9.17, 15) is 9.90 Å². The molecule has 1 aliphatic heterocycles. The van der Waals surface area contributed by atoms with Crippen LogP contribution in [-0.4, -0.2) is 38.4 Å². The highest BCUT2D eigenvalue weighted by atomic mass is 16.5. The monoisotopic (exact) mass is 534 g/mol. The number of phenols is 1. The molecule has 1 unspecified atom stereocenters. The van der Waals surface area contributed by atoms with Gasteiger partial charge in [0.1, 0.15) is 17.7 Å². The molecule has 3 aromatic heterocycles. The third kappa shape index (κ3) is 3.64. The first kappa shape index (κ1) is 23.7. The number of ether oxygens (including phenoxy) is 3. The smallest absolute Gasteiger partial charge is 0.344 e. The third-order valence-electron chi connectivity index (χ3n) is 6.92. The van der Waals surface area contributed by atoms with Gasteiger partial charge >= 0.3 is 5.63 Å². The molecule has 0 radical (unpaired) electrons. The number of rotatable bonds is 5. The molecular formula is C30H22N4O6. The Balaban J connectivity index is 1.48.